The first-order valence-electron chi connectivity index (χ1n) is 10.4. The van der Waals surface area contributed by atoms with Crippen LogP contribution < -0.4 is 4.74 Å². The van der Waals surface area contributed by atoms with Gasteiger partial charge in [-0.3, -0.25) is 4.79 Å². The van der Waals surface area contributed by atoms with Gasteiger partial charge in [-0.1, -0.05) is 66.7 Å². The maximum absolute atomic E-state index is 13.1. The maximum atomic E-state index is 13.1. The molecule has 0 spiro atoms. The highest BCUT2D eigenvalue weighted by atomic mass is 16.5. The zero-order chi connectivity index (χ0) is 21.2. The van der Waals surface area contributed by atoms with E-state index in [2.05, 4.69) is 0 Å². The van der Waals surface area contributed by atoms with Crippen molar-refractivity contribution in [3.05, 3.63) is 102 Å². The van der Waals surface area contributed by atoms with E-state index < -0.39 is 6.10 Å². The number of benzene rings is 3. The highest BCUT2D eigenvalue weighted by Crippen LogP contribution is 2.30. The molecule has 1 atom stereocenters. The number of carbonyl (C=O) groups is 1. The number of para-hydroxylation sites is 2. The van der Waals surface area contributed by atoms with E-state index in [1.54, 1.807) is 4.90 Å². The molecule has 1 aliphatic heterocycles. The van der Waals surface area contributed by atoms with E-state index >= 15 is 0 Å². The fourth-order valence-corrected chi connectivity index (χ4v) is 3.98. The number of hydrogen-bond acceptors (Lipinski definition) is 3. The monoisotopic (exact) mass is 409 g/mol. The molecule has 4 aromatic rings. The Morgan fingerprint density at radius 2 is 1.68 bits per heavy atom. The van der Waals surface area contributed by atoms with Gasteiger partial charge in [-0.25, -0.2) is 4.68 Å². The summed E-state index contributed by atoms with van der Waals surface area (Å²) in [5.74, 6) is 0.777. The van der Waals surface area contributed by atoms with E-state index in [0.29, 0.717) is 13.0 Å². The minimum Gasteiger partial charge on any atom is -0.480 e. The van der Waals surface area contributed by atoms with E-state index in [-0.39, 0.29) is 5.91 Å². The number of aromatic nitrogens is 2. The zero-order valence-electron chi connectivity index (χ0n) is 17.3. The van der Waals surface area contributed by atoms with Crippen LogP contribution in [0.2, 0.25) is 0 Å². The molecule has 154 valence electrons. The highest BCUT2D eigenvalue weighted by Gasteiger charge is 2.31. The molecule has 0 aliphatic carbocycles. The van der Waals surface area contributed by atoms with Gasteiger partial charge in [-0.05, 0) is 23.8 Å². The standard InChI is InChI=1S/C26H23N3O2/c1-28(26(30)24-16-20-12-8-9-15-23(20)31-24)17-21-18-29(22-13-6-3-7-14-22)27-25(21)19-10-4-2-5-11-19/h2-15,18,24H,16-17H2,1H3/t24-/m0/s1. The Balaban J connectivity index is 1.41. The van der Waals surface area contributed by atoms with Crippen molar-refractivity contribution in [3.63, 3.8) is 0 Å². The van der Waals surface area contributed by atoms with E-state index in [1.807, 2.05) is 103 Å². The molecule has 1 amide bonds. The first-order valence-corrected chi connectivity index (χ1v) is 10.4. The molecule has 3 aromatic carbocycles. The smallest absolute Gasteiger partial charge is 0.264 e. The minimum absolute atomic E-state index is 0.0253. The van der Waals surface area contributed by atoms with Crippen molar-refractivity contribution >= 4 is 5.91 Å². The van der Waals surface area contributed by atoms with Crippen LogP contribution in [-0.2, 0) is 17.8 Å². The number of hydrogen-bond donors (Lipinski definition) is 0. The number of carbonyl (C=O) groups excluding carboxylic acids is 1. The summed E-state index contributed by atoms with van der Waals surface area (Å²) in [7, 11) is 1.82. The van der Waals surface area contributed by atoms with Crippen LogP contribution in [0.3, 0.4) is 0 Å². The van der Waals surface area contributed by atoms with Gasteiger partial charge < -0.3 is 9.64 Å². The quantitative estimate of drug-likeness (QED) is 0.488. The van der Waals surface area contributed by atoms with Crippen molar-refractivity contribution in [2.24, 2.45) is 0 Å². The molecule has 0 saturated heterocycles. The summed E-state index contributed by atoms with van der Waals surface area (Å²) in [6.45, 7) is 0.450. The fraction of sp³-hybridized carbons (Fsp3) is 0.154. The molecule has 31 heavy (non-hydrogen) atoms. The summed E-state index contributed by atoms with van der Waals surface area (Å²) < 4.78 is 7.78. The summed E-state index contributed by atoms with van der Waals surface area (Å²) in [6, 6.07) is 27.9. The molecule has 5 heteroatoms. The lowest BCUT2D eigenvalue weighted by molar-refractivity contribution is -0.137. The maximum Gasteiger partial charge on any atom is 0.264 e. The van der Waals surface area contributed by atoms with Gasteiger partial charge in [-0.2, -0.15) is 5.10 Å². The summed E-state index contributed by atoms with van der Waals surface area (Å²) in [5, 5.41) is 4.84. The number of fused-ring (bicyclic) bond motifs is 1. The van der Waals surface area contributed by atoms with Gasteiger partial charge in [-0.15, -0.1) is 0 Å². The second-order valence-corrected chi connectivity index (χ2v) is 7.76. The number of rotatable bonds is 5. The molecule has 1 aromatic heterocycles. The van der Waals surface area contributed by atoms with Crippen LogP contribution in [-0.4, -0.2) is 33.7 Å². The molecule has 1 aliphatic rings. The van der Waals surface area contributed by atoms with Crippen molar-refractivity contribution in [1.82, 2.24) is 14.7 Å². The Hall–Kier alpha value is -3.86. The molecule has 0 N–H and O–H groups in total. The molecule has 0 radical (unpaired) electrons. The van der Waals surface area contributed by atoms with Gasteiger partial charge in [0.1, 0.15) is 5.75 Å². The van der Waals surface area contributed by atoms with Gasteiger partial charge in [0.25, 0.3) is 5.91 Å². The van der Waals surface area contributed by atoms with Crippen molar-refractivity contribution < 1.29 is 9.53 Å². The van der Waals surface area contributed by atoms with E-state index in [4.69, 9.17) is 9.84 Å². The Bertz CT molecular complexity index is 1180. The van der Waals surface area contributed by atoms with Crippen LogP contribution in [0.15, 0.2) is 91.1 Å². The summed E-state index contributed by atoms with van der Waals surface area (Å²) in [4.78, 5) is 14.8. The Morgan fingerprint density at radius 3 is 2.42 bits per heavy atom. The molecule has 2 heterocycles. The van der Waals surface area contributed by atoms with Crippen LogP contribution in [0, 0.1) is 0 Å². The second-order valence-electron chi connectivity index (χ2n) is 7.76. The van der Waals surface area contributed by atoms with Crippen LogP contribution in [0.1, 0.15) is 11.1 Å². The molecule has 0 bridgehead atoms. The molecule has 5 rings (SSSR count). The van der Waals surface area contributed by atoms with Gasteiger partial charge in [0, 0.05) is 37.3 Å². The molecule has 0 saturated carbocycles. The predicted molar refractivity (Wildman–Crippen MR) is 120 cm³/mol. The van der Waals surface area contributed by atoms with Crippen molar-refractivity contribution in [2.75, 3.05) is 7.05 Å². The minimum atomic E-state index is -0.480. The fourth-order valence-electron chi connectivity index (χ4n) is 3.98. The summed E-state index contributed by atoms with van der Waals surface area (Å²) in [6.07, 6.45) is 2.13. The lowest BCUT2D eigenvalue weighted by atomic mass is 10.1. The normalized spacial score (nSPS) is 14.7. The van der Waals surface area contributed by atoms with E-state index in [1.165, 1.54) is 0 Å². The molecule has 5 nitrogen and oxygen atoms in total. The second kappa shape index (κ2) is 8.11. The van der Waals surface area contributed by atoms with Crippen molar-refractivity contribution in [3.8, 4) is 22.7 Å². The van der Waals surface area contributed by atoms with E-state index in [9.17, 15) is 4.79 Å². The Labute approximate surface area is 181 Å². The summed E-state index contributed by atoms with van der Waals surface area (Å²) in [5.41, 5.74) is 4.95. The third-order valence-electron chi connectivity index (χ3n) is 5.56. The van der Waals surface area contributed by atoms with Gasteiger partial charge in [0.15, 0.2) is 6.10 Å². The molecular weight excluding hydrogens is 386 g/mol. The lowest BCUT2D eigenvalue weighted by Crippen LogP contribution is -2.38. The largest absolute Gasteiger partial charge is 0.480 e. The average molecular weight is 409 g/mol. The summed E-state index contributed by atoms with van der Waals surface area (Å²) >= 11 is 0. The van der Waals surface area contributed by atoms with Crippen LogP contribution in [0.5, 0.6) is 5.75 Å². The van der Waals surface area contributed by atoms with Crippen molar-refractivity contribution in [1.29, 1.82) is 0 Å². The van der Waals surface area contributed by atoms with Crippen LogP contribution >= 0.6 is 0 Å². The Kier molecular flexibility index (Phi) is 5.00. The van der Waals surface area contributed by atoms with E-state index in [0.717, 1.165) is 33.8 Å². The third-order valence-corrected chi connectivity index (χ3v) is 5.56. The number of likely N-dealkylation sites (N-methyl/N-ethyl adjacent to an activating group) is 1. The third kappa shape index (κ3) is 3.82. The van der Waals surface area contributed by atoms with Gasteiger partial charge in [0.2, 0.25) is 0 Å². The average Bonchev–Trinajstić information content (AvgIpc) is 3.44. The highest BCUT2D eigenvalue weighted by molar-refractivity contribution is 5.82. The lowest BCUT2D eigenvalue weighted by Gasteiger charge is -2.20. The topological polar surface area (TPSA) is 47.4 Å². The van der Waals surface area contributed by atoms with Crippen LogP contribution in [0.25, 0.3) is 16.9 Å². The molecule has 0 unspecified atom stereocenters. The SMILES string of the molecule is CN(Cc1cn(-c2ccccc2)nc1-c1ccccc1)C(=O)[C@@H]1Cc2ccccc2O1. The first-order chi connectivity index (χ1) is 15.2. The Morgan fingerprint density at radius 1 is 1.00 bits per heavy atom. The van der Waals surface area contributed by atoms with Gasteiger partial charge in [0.05, 0.1) is 11.4 Å². The zero-order valence-corrected chi connectivity index (χ0v) is 17.3. The predicted octanol–water partition coefficient (Wildman–Crippen LogP) is 4.50. The van der Waals surface area contributed by atoms with Gasteiger partial charge >= 0.3 is 0 Å². The molecular formula is C26H23N3O2. The van der Waals surface area contributed by atoms with Crippen LogP contribution in [0.4, 0.5) is 0 Å². The molecule has 0 fully saturated rings. The first kappa shape index (κ1) is 19.1. The number of amides is 1. The number of ether oxygens (including phenoxy) is 1. The number of nitrogens with zero attached hydrogens (tertiary/aromatic N) is 3. The van der Waals surface area contributed by atoms with Crippen molar-refractivity contribution in [2.45, 2.75) is 19.1 Å².